The Hall–Kier alpha value is -2.42. The summed E-state index contributed by atoms with van der Waals surface area (Å²) in [6, 6.07) is 18.0. The predicted octanol–water partition coefficient (Wildman–Crippen LogP) is 3.25. The molecule has 8 heteroatoms. The molecule has 1 aromatic heterocycles. The highest BCUT2D eigenvalue weighted by molar-refractivity contribution is 9.10. The molecule has 1 heterocycles. The first-order chi connectivity index (χ1) is 13.4. The first-order valence-electron chi connectivity index (χ1n) is 8.56. The van der Waals surface area contributed by atoms with E-state index in [2.05, 4.69) is 26.0 Å². The van der Waals surface area contributed by atoms with E-state index < -0.39 is 22.0 Å². The average Bonchev–Trinajstić information content (AvgIpc) is 3.20. The van der Waals surface area contributed by atoms with E-state index in [9.17, 15) is 13.2 Å². The molecule has 0 radical (unpaired) electrons. The molecule has 6 nitrogen and oxygen atoms in total. The topological polar surface area (TPSA) is 88.4 Å². The minimum atomic E-state index is -3.87. The van der Waals surface area contributed by atoms with E-state index in [0.717, 1.165) is 10.0 Å². The van der Waals surface area contributed by atoms with Crippen molar-refractivity contribution < 1.29 is 17.6 Å². The van der Waals surface area contributed by atoms with E-state index in [1.807, 2.05) is 30.3 Å². The molecule has 0 fully saturated rings. The lowest BCUT2D eigenvalue weighted by Crippen LogP contribution is -2.47. The molecule has 0 spiro atoms. The van der Waals surface area contributed by atoms with Gasteiger partial charge in [0, 0.05) is 4.47 Å². The quantitative estimate of drug-likeness (QED) is 0.537. The van der Waals surface area contributed by atoms with Crippen molar-refractivity contribution in [2.75, 3.05) is 0 Å². The third-order valence-corrected chi connectivity index (χ3v) is 6.05. The summed E-state index contributed by atoms with van der Waals surface area (Å²) >= 11 is 3.28. The summed E-state index contributed by atoms with van der Waals surface area (Å²) < 4.78 is 34.0. The standard InChI is InChI=1S/C20H19BrN2O4S/c21-16-8-10-18(11-9-16)28(25,26)23-19(13-15-5-2-1-3-6-15)20(24)22-14-17-7-4-12-27-17/h1-12,19,23H,13-14H2,(H,22,24)/t19-/m0/s1. The van der Waals surface area contributed by atoms with Crippen LogP contribution in [-0.4, -0.2) is 20.4 Å². The Morgan fingerprint density at radius 1 is 1.00 bits per heavy atom. The lowest BCUT2D eigenvalue weighted by atomic mass is 10.1. The molecule has 0 aliphatic heterocycles. The van der Waals surface area contributed by atoms with Crippen LogP contribution in [-0.2, 0) is 27.8 Å². The van der Waals surface area contributed by atoms with Gasteiger partial charge in [0.2, 0.25) is 15.9 Å². The fourth-order valence-corrected chi connectivity index (χ4v) is 4.08. The van der Waals surface area contributed by atoms with Crippen LogP contribution >= 0.6 is 15.9 Å². The van der Waals surface area contributed by atoms with Crippen LogP contribution in [0.5, 0.6) is 0 Å². The van der Waals surface area contributed by atoms with Crippen molar-refractivity contribution in [3.05, 3.63) is 88.8 Å². The highest BCUT2D eigenvalue weighted by Crippen LogP contribution is 2.16. The number of furan rings is 1. The largest absolute Gasteiger partial charge is 0.467 e. The zero-order chi connectivity index (χ0) is 20.0. The average molecular weight is 463 g/mol. The van der Waals surface area contributed by atoms with E-state index in [4.69, 9.17) is 4.42 Å². The molecule has 0 aliphatic carbocycles. The first-order valence-corrected chi connectivity index (χ1v) is 10.8. The molecule has 0 aliphatic rings. The molecule has 146 valence electrons. The summed E-state index contributed by atoms with van der Waals surface area (Å²) in [7, 11) is -3.87. The summed E-state index contributed by atoms with van der Waals surface area (Å²) in [4.78, 5) is 12.8. The van der Waals surface area contributed by atoms with Gasteiger partial charge in [-0.05, 0) is 48.4 Å². The Morgan fingerprint density at radius 2 is 1.71 bits per heavy atom. The van der Waals surface area contributed by atoms with Crippen molar-refractivity contribution in [1.82, 2.24) is 10.0 Å². The van der Waals surface area contributed by atoms with Gasteiger partial charge in [-0.15, -0.1) is 0 Å². The highest BCUT2D eigenvalue weighted by Gasteiger charge is 2.26. The zero-order valence-electron chi connectivity index (χ0n) is 14.8. The number of rotatable bonds is 8. The number of carbonyl (C=O) groups is 1. The predicted molar refractivity (Wildman–Crippen MR) is 109 cm³/mol. The van der Waals surface area contributed by atoms with E-state index in [1.54, 1.807) is 24.3 Å². The smallest absolute Gasteiger partial charge is 0.241 e. The molecule has 1 atom stereocenters. The van der Waals surface area contributed by atoms with Crippen LogP contribution in [0.3, 0.4) is 0 Å². The van der Waals surface area contributed by atoms with Crippen molar-refractivity contribution in [3.63, 3.8) is 0 Å². The SMILES string of the molecule is O=C(NCc1ccco1)[C@H](Cc1ccccc1)NS(=O)(=O)c1ccc(Br)cc1. The minimum Gasteiger partial charge on any atom is -0.467 e. The van der Waals surface area contributed by atoms with E-state index >= 15 is 0 Å². The summed E-state index contributed by atoms with van der Waals surface area (Å²) in [5.74, 6) is 0.156. The van der Waals surface area contributed by atoms with Crippen molar-refractivity contribution >= 4 is 31.9 Å². The lowest BCUT2D eigenvalue weighted by molar-refractivity contribution is -0.122. The monoisotopic (exact) mass is 462 g/mol. The summed E-state index contributed by atoms with van der Waals surface area (Å²) in [5, 5.41) is 2.72. The van der Waals surface area contributed by atoms with E-state index in [0.29, 0.717) is 5.76 Å². The third kappa shape index (κ3) is 5.54. The fraction of sp³-hybridized carbons (Fsp3) is 0.150. The Morgan fingerprint density at radius 3 is 2.36 bits per heavy atom. The van der Waals surface area contributed by atoms with Crippen LogP contribution < -0.4 is 10.0 Å². The molecule has 2 aromatic carbocycles. The Bertz CT molecular complexity index is 1000. The Balaban J connectivity index is 1.78. The lowest BCUT2D eigenvalue weighted by Gasteiger charge is -2.18. The number of hydrogen-bond acceptors (Lipinski definition) is 4. The van der Waals surface area contributed by atoms with Gasteiger partial charge in [0.05, 0.1) is 17.7 Å². The normalized spacial score (nSPS) is 12.5. The van der Waals surface area contributed by atoms with Gasteiger partial charge in [-0.2, -0.15) is 4.72 Å². The molecule has 0 bridgehead atoms. The number of amides is 1. The molecular formula is C20H19BrN2O4S. The molecule has 0 saturated carbocycles. The maximum atomic E-state index is 12.8. The van der Waals surface area contributed by atoms with Crippen LogP contribution in [0.15, 0.2) is 86.8 Å². The van der Waals surface area contributed by atoms with Crippen molar-refractivity contribution in [1.29, 1.82) is 0 Å². The third-order valence-electron chi connectivity index (χ3n) is 4.04. The minimum absolute atomic E-state index is 0.0904. The molecular weight excluding hydrogens is 444 g/mol. The van der Waals surface area contributed by atoms with Gasteiger partial charge in [0.25, 0.3) is 0 Å². The highest BCUT2D eigenvalue weighted by atomic mass is 79.9. The molecule has 3 aromatic rings. The molecule has 0 unspecified atom stereocenters. The molecule has 2 N–H and O–H groups in total. The number of sulfonamides is 1. The van der Waals surface area contributed by atoms with Crippen LogP contribution in [0.1, 0.15) is 11.3 Å². The zero-order valence-corrected chi connectivity index (χ0v) is 17.2. The first kappa shape index (κ1) is 20.3. The van der Waals surface area contributed by atoms with Gasteiger partial charge in [0.15, 0.2) is 0 Å². The van der Waals surface area contributed by atoms with Crippen LogP contribution in [0.25, 0.3) is 0 Å². The molecule has 1 amide bonds. The van der Waals surface area contributed by atoms with Crippen molar-refractivity contribution in [2.45, 2.75) is 23.9 Å². The van der Waals surface area contributed by atoms with Crippen LogP contribution in [0, 0.1) is 0 Å². The second-order valence-electron chi connectivity index (χ2n) is 6.11. The van der Waals surface area contributed by atoms with Gasteiger partial charge in [-0.25, -0.2) is 8.42 Å². The van der Waals surface area contributed by atoms with E-state index in [-0.39, 0.29) is 17.9 Å². The number of carbonyl (C=O) groups excluding carboxylic acids is 1. The number of nitrogens with one attached hydrogen (secondary N) is 2. The van der Waals surface area contributed by atoms with Crippen LogP contribution in [0.2, 0.25) is 0 Å². The van der Waals surface area contributed by atoms with Crippen LogP contribution in [0.4, 0.5) is 0 Å². The van der Waals surface area contributed by atoms with Gasteiger partial charge in [-0.3, -0.25) is 4.79 Å². The Kier molecular flexibility index (Phi) is 6.66. The number of hydrogen-bond donors (Lipinski definition) is 2. The van der Waals surface area contributed by atoms with Crippen molar-refractivity contribution in [2.24, 2.45) is 0 Å². The second-order valence-corrected chi connectivity index (χ2v) is 8.74. The van der Waals surface area contributed by atoms with Gasteiger partial charge in [0.1, 0.15) is 11.8 Å². The number of benzene rings is 2. The van der Waals surface area contributed by atoms with Gasteiger partial charge in [-0.1, -0.05) is 46.3 Å². The van der Waals surface area contributed by atoms with Crippen molar-refractivity contribution in [3.8, 4) is 0 Å². The maximum Gasteiger partial charge on any atom is 0.241 e. The second kappa shape index (κ2) is 9.18. The van der Waals surface area contributed by atoms with E-state index in [1.165, 1.54) is 18.4 Å². The van der Waals surface area contributed by atoms with Gasteiger partial charge < -0.3 is 9.73 Å². The Labute approximate surface area is 172 Å². The molecule has 0 saturated heterocycles. The van der Waals surface area contributed by atoms with Gasteiger partial charge >= 0.3 is 0 Å². The summed E-state index contributed by atoms with van der Waals surface area (Å²) in [6.45, 7) is 0.178. The summed E-state index contributed by atoms with van der Waals surface area (Å²) in [6.07, 6.45) is 1.74. The summed E-state index contributed by atoms with van der Waals surface area (Å²) in [5.41, 5.74) is 0.846. The maximum absolute atomic E-state index is 12.8. The molecule has 28 heavy (non-hydrogen) atoms. The fourth-order valence-electron chi connectivity index (χ4n) is 2.62. The molecule has 3 rings (SSSR count). The number of halogens is 1.